The molecule has 5 nitrogen and oxygen atoms in total. The minimum absolute atomic E-state index is 0.740. The minimum atomic E-state index is 0.740. The largest absolute Gasteiger partial charge is 0.494 e. The molecule has 1 aromatic heterocycles. The number of ether oxygens (including phenoxy) is 2. The van der Waals surface area contributed by atoms with E-state index in [-0.39, 0.29) is 0 Å². The van der Waals surface area contributed by atoms with Gasteiger partial charge in [0, 0.05) is 26.1 Å². The molecule has 0 saturated carbocycles. The Hall–Kier alpha value is -3.41. The molecule has 0 spiro atoms. The van der Waals surface area contributed by atoms with E-state index in [2.05, 4.69) is 75.5 Å². The maximum atomic E-state index is 5.94. The monoisotopic (exact) mass is 453 g/mol. The molecule has 2 heterocycles. The molecule has 0 amide bonds. The van der Waals surface area contributed by atoms with E-state index in [4.69, 9.17) is 9.47 Å². The van der Waals surface area contributed by atoms with Crippen molar-refractivity contribution in [3.05, 3.63) is 96.4 Å². The lowest BCUT2D eigenvalue weighted by molar-refractivity contribution is 0.0358. The first-order valence-corrected chi connectivity index (χ1v) is 12.0. The summed E-state index contributed by atoms with van der Waals surface area (Å²) in [5.41, 5.74) is 5.83. The summed E-state index contributed by atoms with van der Waals surface area (Å²) < 4.78 is 11.3. The second-order valence-electron chi connectivity index (χ2n) is 8.66. The van der Waals surface area contributed by atoms with Crippen LogP contribution in [0, 0.1) is 0 Å². The van der Waals surface area contributed by atoms with Gasteiger partial charge >= 0.3 is 0 Å². The average molecular weight is 454 g/mol. The number of nitrogens with one attached hydrogen (secondary N) is 1. The molecule has 5 rings (SSSR count). The van der Waals surface area contributed by atoms with Gasteiger partial charge in [-0.25, -0.2) is 4.98 Å². The van der Waals surface area contributed by atoms with E-state index in [0.717, 1.165) is 75.1 Å². The van der Waals surface area contributed by atoms with Crippen LogP contribution in [0.2, 0.25) is 0 Å². The molecule has 4 aromatic rings. The normalized spacial score (nSPS) is 14.2. The zero-order valence-corrected chi connectivity index (χ0v) is 19.5. The Morgan fingerprint density at radius 3 is 2.26 bits per heavy atom. The molecular weight excluding hydrogens is 422 g/mol. The molecule has 1 aliphatic heterocycles. The van der Waals surface area contributed by atoms with E-state index < -0.39 is 0 Å². The summed E-state index contributed by atoms with van der Waals surface area (Å²) in [6.07, 6.45) is 3.72. The SMILES string of the molecule is c1ccc(-c2cnc(Cc3ccc(-c4ccc(OCCCN5CCOCC5)cc4)cc3)[nH]2)cc1. The van der Waals surface area contributed by atoms with Gasteiger partial charge in [0.1, 0.15) is 11.6 Å². The van der Waals surface area contributed by atoms with Crippen molar-refractivity contribution in [2.24, 2.45) is 0 Å². The lowest BCUT2D eigenvalue weighted by Crippen LogP contribution is -2.37. The Morgan fingerprint density at radius 1 is 0.824 bits per heavy atom. The Bertz CT molecular complexity index is 1150. The number of H-pyrrole nitrogens is 1. The summed E-state index contributed by atoms with van der Waals surface area (Å²) in [6.45, 7) is 5.57. The number of morpholine rings is 1. The van der Waals surface area contributed by atoms with Gasteiger partial charge in [0.2, 0.25) is 0 Å². The number of aromatic nitrogens is 2. The summed E-state index contributed by atoms with van der Waals surface area (Å²) in [7, 11) is 0. The van der Waals surface area contributed by atoms with Crippen molar-refractivity contribution in [3.63, 3.8) is 0 Å². The Balaban J connectivity index is 1.12. The van der Waals surface area contributed by atoms with Gasteiger partial charge < -0.3 is 14.5 Å². The van der Waals surface area contributed by atoms with Gasteiger partial charge in [-0.1, -0.05) is 66.7 Å². The zero-order valence-electron chi connectivity index (χ0n) is 19.5. The first-order chi connectivity index (χ1) is 16.8. The molecular formula is C29H31N3O2. The number of rotatable bonds is 9. The van der Waals surface area contributed by atoms with E-state index in [9.17, 15) is 0 Å². The van der Waals surface area contributed by atoms with Gasteiger partial charge in [-0.2, -0.15) is 0 Å². The molecule has 1 aliphatic rings. The van der Waals surface area contributed by atoms with Gasteiger partial charge in [0.25, 0.3) is 0 Å². The Morgan fingerprint density at radius 2 is 1.53 bits per heavy atom. The minimum Gasteiger partial charge on any atom is -0.494 e. The first kappa shape index (κ1) is 22.4. The van der Waals surface area contributed by atoms with Crippen LogP contribution < -0.4 is 4.74 Å². The molecule has 5 heteroatoms. The van der Waals surface area contributed by atoms with Crippen molar-refractivity contribution in [2.75, 3.05) is 39.5 Å². The first-order valence-electron chi connectivity index (χ1n) is 12.0. The number of nitrogens with zero attached hydrogens (tertiary/aromatic N) is 2. The molecule has 3 aromatic carbocycles. The molecule has 34 heavy (non-hydrogen) atoms. The van der Waals surface area contributed by atoms with Crippen molar-refractivity contribution in [3.8, 4) is 28.1 Å². The van der Waals surface area contributed by atoms with Gasteiger partial charge in [-0.3, -0.25) is 4.90 Å². The van der Waals surface area contributed by atoms with Crippen molar-refractivity contribution in [1.29, 1.82) is 0 Å². The number of hydrogen-bond donors (Lipinski definition) is 1. The third-order valence-electron chi connectivity index (χ3n) is 6.22. The van der Waals surface area contributed by atoms with Crippen LogP contribution in [0.1, 0.15) is 17.8 Å². The van der Waals surface area contributed by atoms with Crippen LogP contribution >= 0.6 is 0 Å². The maximum Gasteiger partial charge on any atom is 0.119 e. The topological polar surface area (TPSA) is 50.4 Å². The molecule has 1 fully saturated rings. The van der Waals surface area contributed by atoms with Crippen LogP contribution in [0.15, 0.2) is 85.1 Å². The second-order valence-corrected chi connectivity index (χ2v) is 8.66. The third-order valence-corrected chi connectivity index (χ3v) is 6.22. The molecule has 1 saturated heterocycles. The molecule has 0 unspecified atom stereocenters. The summed E-state index contributed by atoms with van der Waals surface area (Å²) in [6, 6.07) is 27.4. The molecule has 0 bridgehead atoms. The number of benzene rings is 3. The highest BCUT2D eigenvalue weighted by Crippen LogP contribution is 2.24. The van der Waals surface area contributed by atoms with Gasteiger partial charge in [0.15, 0.2) is 0 Å². The fraction of sp³-hybridized carbons (Fsp3) is 0.276. The standard InChI is InChI=1S/C29H31N3O2/c1-2-5-26(6-3-1)28-22-30-29(31-28)21-23-7-9-24(10-8-23)25-11-13-27(14-12-25)34-18-4-15-32-16-19-33-20-17-32/h1-3,5-14,22H,4,15-21H2,(H,30,31). The quantitative estimate of drug-likeness (QED) is 0.343. The lowest BCUT2D eigenvalue weighted by atomic mass is 10.0. The highest BCUT2D eigenvalue weighted by Gasteiger charge is 2.09. The summed E-state index contributed by atoms with van der Waals surface area (Å²) >= 11 is 0. The fourth-order valence-electron chi connectivity index (χ4n) is 4.27. The van der Waals surface area contributed by atoms with Gasteiger partial charge in [-0.15, -0.1) is 0 Å². The van der Waals surface area contributed by atoms with Crippen LogP contribution in [-0.4, -0.2) is 54.3 Å². The fourth-order valence-corrected chi connectivity index (χ4v) is 4.27. The second kappa shape index (κ2) is 11.1. The number of imidazole rings is 1. The number of hydrogen-bond acceptors (Lipinski definition) is 4. The van der Waals surface area contributed by atoms with E-state index in [1.807, 2.05) is 24.4 Å². The van der Waals surface area contributed by atoms with Crippen LogP contribution in [0.5, 0.6) is 5.75 Å². The highest BCUT2D eigenvalue weighted by molar-refractivity contribution is 5.64. The predicted octanol–water partition coefficient (Wildman–Crippen LogP) is 5.44. The van der Waals surface area contributed by atoms with Crippen molar-refractivity contribution >= 4 is 0 Å². The molecule has 0 aliphatic carbocycles. The third kappa shape index (κ3) is 5.93. The van der Waals surface area contributed by atoms with Gasteiger partial charge in [0.05, 0.1) is 31.7 Å². The summed E-state index contributed by atoms with van der Waals surface area (Å²) in [5, 5.41) is 0. The predicted molar refractivity (Wildman–Crippen MR) is 136 cm³/mol. The smallest absolute Gasteiger partial charge is 0.119 e. The van der Waals surface area contributed by atoms with Crippen LogP contribution in [-0.2, 0) is 11.2 Å². The van der Waals surface area contributed by atoms with E-state index >= 15 is 0 Å². The van der Waals surface area contributed by atoms with Crippen molar-refractivity contribution < 1.29 is 9.47 Å². The maximum absolute atomic E-state index is 5.94. The lowest BCUT2D eigenvalue weighted by Gasteiger charge is -2.26. The molecule has 0 atom stereocenters. The average Bonchev–Trinajstić information content (AvgIpc) is 3.37. The number of aromatic amines is 1. The summed E-state index contributed by atoms with van der Waals surface area (Å²) in [4.78, 5) is 10.4. The molecule has 0 radical (unpaired) electrons. The van der Waals surface area contributed by atoms with E-state index in [1.54, 1.807) is 0 Å². The Labute approximate surface area is 201 Å². The van der Waals surface area contributed by atoms with E-state index in [0.29, 0.717) is 0 Å². The Kier molecular flexibility index (Phi) is 7.34. The van der Waals surface area contributed by atoms with Crippen molar-refractivity contribution in [2.45, 2.75) is 12.8 Å². The van der Waals surface area contributed by atoms with Crippen LogP contribution in [0.4, 0.5) is 0 Å². The summed E-state index contributed by atoms with van der Waals surface area (Å²) in [5.74, 6) is 1.90. The molecule has 1 N–H and O–H groups in total. The zero-order chi connectivity index (χ0) is 23.0. The van der Waals surface area contributed by atoms with E-state index in [1.165, 1.54) is 16.7 Å². The van der Waals surface area contributed by atoms with Crippen LogP contribution in [0.25, 0.3) is 22.4 Å². The van der Waals surface area contributed by atoms with Crippen molar-refractivity contribution in [1.82, 2.24) is 14.9 Å². The molecule has 174 valence electrons. The van der Waals surface area contributed by atoms with Gasteiger partial charge in [-0.05, 0) is 40.8 Å². The highest BCUT2D eigenvalue weighted by atomic mass is 16.5. The van der Waals surface area contributed by atoms with Crippen LogP contribution in [0.3, 0.4) is 0 Å².